The van der Waals surface area contributed by atoms with E-state index in [0.29, 0.717) is 11.0 Å². The number of thiazole rings is 1. The van der Waals surface area contributed by atoms with Gasteiger partial charge in [-0.25, -0.2) is 15.0 Å². The molecule has 0 bridgehead atoms. The molecule has 0 spiro atoms. The number of halogens is 1. The van der Waals surface area contributed by atoms with Gasteiger partial charge in [0.2, 0.25) is 5.95 Å². The molecule has 0 unspecified atom stereocenters. The van der Waals surface area contributed by atoms with Gasteiger partial charge in [-0.1, -0.05) is 22.9 Å². The van der Waals surface area contributed by atoms with Gasteiger partial charge in [0.1, 0.15) is 0 Å². The Morgan fingerprint density at radius 1 is 1.00 bits per heavy atom. The van der Waals surface area contributed by atoms with Crippen LogP contribution in [0, 0.1) is 6.92 Å². The van der Waals surface area contributed by atoms with Gasteiger partial charge in [-0.2, -0.15) is 0 Å². The highest BCUT2D eigenvalue weighted by molar-refractivity contribution is 7.19. The van der Waals surface area contributed by atoms with Crippen LogP contribution in [-0.4, -0.2) is 48.3 Å². The van der Waals surface area contributed by atoms with Crippen molar-refractivity contribution < 1.29 is 4.74 Å². The SMILES string of the molecule is Cc1nc(N(C)c2ccc(Cl)cc2)sc1-c1ccnc(Nc2ccc(N3CCOCC3)cc2)n1. The van der Waals surface area contributed by atoms with Gasteiger partial charge >= 0.3 is 0 Å². The topological polar surface area (TPSA) is 66.4 Å². The van der Waals surface area contributed by atoms with Gasteiger partial charge in [0.15, 0.2) is 5.13 Å². The standard InChI is InChI=1S/C25H25ClN6OS/c1-17-23(34-25(28-17)31(2)20-7-3-18(26)4-8-20)22-11-12-27-24(30-22)29-19-5-9-21(10-6-19)32-13-15-33-16-14-32/h3-12H,13-16H2,1-2H3,(H,27,29,30). The second-order valence-corrected chi connectivity index (χ2v) is 9.40. The summed E-state index contributed by atoms with van der Waals surface area (Å²) in [7, 11) is 2.00. The average Bonchev–Trinajstić information content (AvgIpc) is 3.27. The Bertz CT molecular complexity index is 1260. The quantitative estimate of drug-likeness (QED) is 0.359. The van der Waals surface area contributed by atoms with Crippen LogP contribution in [0.3, 0.4) is 0 Å². The lowest BCUT2D eigenvalue weighted by molar-refractivity contribution is 0.122. The molecule has 2 aromatic carbocycles. The van der Waals surface area contributed by atoms with Crippen molar-refractivity contribution in [2.75, 3.05) is 48.5 Å². The fourth-order valence-electron chi connectivity index (χ4n) is 3.79. The summed E-state index contributed by atoms with van der Waals surface area (Å²) in [6.45, 7) is 5.39. The maximum absolute atomic E-state index is 6.03. The average molecular weight is 493 g/mol. The van der Waals surface area contributed by atoms with Crippen molar-refractivity contribution in [2.24, 2.45) is 0 Å². The molecule has 0 amide bonds. The molecule has 1 aliphatic rings. The molecule has 174 valence electrons. The van der Waals surface area contributed by atoms with Gasteiger partial charge in [0, 0.05) is 48.4 Å². The van der Waals surface area contributed by atoms with Crippen molar-refractivity contribution in [3.63, 3.8) is 0 Å². The van der Waals surface area contributed by atoms with Gasteiger partial charge in [-0.05, 0) is 61.5 Å². The second-order valence-electron chi connectivity index (χ2n) is 7.98. The number of anilines is 5. The van der Waals surface area contributed by atoms with Crippen molar-refractivity contribution in [3.8, 4) is 10.6 Å². The van der Waals surface area contributed by atoms with Crippen LogP contribution in [-0.2, 0) is 4.74 Å². The predicted octanol–water partition coefficient (Wildman–Crippen LogP) is 5.91. The van der Waals surface area contributed by atoms with Crippen molar-refractivity contribution in [1.29, 1.82) is 0 Å². The number of aryl methyl sites for hydroxylation is 1. The molecule has 9 heteroatoms. The van der Waals surface area contributed by atoms with Crippen LogP contribution in [0.25, 0.3) is 10.6 Å². The Morgan fingerprint density at radius 3 is 2.47 bits per heavy atom. The molecular weight excluding hydrogens is 468 g/mol. The van der Waals surface area contributed by atoms with Gasteiger partial charge < -0.3 is 19.9 Å². The fraction of sp³-hybridized carbons (Fsp3) is 0.240. The fourth-order valence-corrected chi connectivity index (χ4v) is 4.94. The first-order chi connectivity index (χ1) is 16.6. The van der Waals surface area contributed by atoms with Crippen LogP contribution >= 0.6 is 22.9 Å². The van der Waals surface area contributed by atoms with Crippen LogP contribution < -0.4 is 15.1 Å². The van der Waals surface area contributed by atoms with E-state index in [1.165, 1.54) is 5.69 Å². The van der Waals surface area contributed by atoms with Gasteiger partial charge in [-0.15, -0.1) is 0 Å². The summed E-state index contributed by atoms with van der Waals surface area (Å²) in [5, 5.41) is 4.92. The monoisotopic (exact) mass is 492 g/mol. The molecule has 3 heterocycles. The first-order valence-electron chi connectivity index (χ1n) is 11.1. The third-order valence-corrected chi connectivity index (χ3v) is 7.18. The van der Waals surface area contributed by atoms with Gasteiger partial charge in [-0.3, -0.25) is 0 Å². The Kier molecular flexibility index (Phi) is 6.62. The number of hydrogen-bond acceptors (Lipinski definition) is 8. The molecule has 5 rings (SSSR count). The van der Waals surface area contributed by atoms with E-state index in [4.69, 9.17) is 26.3 Å². The van der Waals surface area contributed by atoms with Crippen LogP contribution in [0.1, 0.15) is 5.69 Å². The summed E-state index contributed by atoms with van der Waals surface area (Å²) in [6, 6.07) is 18.0. The number of hydrogen-bond donors (Lipinski definition) is 1. The molecule has 0 radical (unpaired) electrons. The lowest BCUT2D eigenvalue weighted by Gasteiger charge is -2.28. The minimum absolute atomic E-state index is 0.553. The summed E-state index contributed by atoms with van der Waals surface area (Å²) < 4.78 is 5.44. The summed E-state index contributed by atoms with van der Waals surface area (Å²) in [5.74, 6) is 0.553. The van der Waals surface area contributed by atoms with Crippen molar-refractivity contribution in [2.45, 2.75) is 6.92 Å². The zero-order chi connectivity index (χ0) is 23.5. The van der Waals surface area contributed by atoms with Crippen LogP contribution in [0.5, 0.6) is 0 Å². The predicted molar refractivity (Wildman–Crippen MR) is 140 cm³/mol. The Hall–Kier alpha value is -3.20. The van der Waals surface area contributed by atoms with Crippen LogP contribution in [0.4, 0.5) is 28.1 Å². The number of benzene rings is 2. The summed E-state index contributed by atoms with van der Waals surface area (Å²) in [6.07, 6.45) is 1.77. The van der Waals surface area contributed by atoms with E-state index < -0.39 is 0 Å². The van der Waals surface area contributed by atoms with Gasteiger partial charge in [0.25, 0.3) is 0 Å². The largest absolute Gasteiger partial charge is 0.378 e. The molecule has 4 aromatic rings. The minimum Gasteiger partial charge on any atom is -0.378 e. The molecule has 1 aliphatic heterocycles. The summed E-state index contributed by atoms with van der Waals surface area (Å²) in [5.41, 5.74) is 4.93. The number of nitrogens with zero attached hydrogens (tertiary/aromatic N) is 5. The molecule has 1 saturated heterocycles. The Morgan fingerprint density at radius 2 is 1.74 bits per heavy atom. The lowest BCUT2D eigenvalue weighted by atomic mass is 10.2. The summed E-state index contributed by atoms with van der Waals surface area (Å²) >= 11 is 7.63. The smallest absolute Gasteiger partial charge is 0.227 e. The number of morpholine rings is 1. The third-order valence-electron chi connectivity index (χ3n) is 5.67. The van der Waals surface area contributed by atoms with E-state index in [1.54, 1.807) is 17.5 Å². The highest BCUT2D eigenvalue weighted by Crippen LogP contribution is 2.36. The number of rotatable bonds is 6. The molecule has 1 N–H and O–H groups in total. The minimum atomic E-state index is 0.553. The van der Waals surface area contributed by atoms with E-state index in [0.717, 1.165) is 59.1 Å². The molecule has 2 aromatic heterocycles. The normalized spacial score (nSPS) is 13.7. The molecule has 34 heavy (non-hydrogen) atoms. The van der Waals surface area contributed by atoms with Gasteiger partial charge in [0.05, 0.1) is 29.5 Å². The van der Waals surface area contributed by atoms with E-state index in [2.05, 4.69) is 39.5 Å². The highest BCUT2D eigenvalue weighted by atomic mass is 35.5. The highest BCUT2D eigenvalue weighted by Gasteiger charge is 2.16. The summed E-state index contributed by atoms with van der Waals surface area (Å²) in [4.78, 5) is 19.3. The zero-order valence-corrected chi connectivity index (χ0v) is 20.6. The Labute approximate surface area is 208 Å². The lowest BCUT2D eigenvalue weighted by Crippen LogP contribution is -2.36. The maximum atomic E-state index is 6.03. The van der Waals surface area contributed by atoms with E-state index >= 15 is 0 Å². The molecule has 0 atom stereocenters. The van der Waals surface area contributed by atoms with Crippen molar-refractivity contribution in [3.05, 3.63) is 71.5 Å². The van der Waals surface area contributed by atoms with Crippen LogP contribution in [0.2, 0.25) is 5.02 Å². The van der Waals surface area contributed by atoms with Crippen molar-refractivity contribution >= 4 is 51.1 Å². The first kappa shape index (κ1) is 22.6. The third kappa shape index (κ3) is 4.99. The molecule has 0 saturated carbocycles. The number of nitrogens with one attached hydrogen (secondary N) is 1. The first-order valence-corrected chi connectivity index (χ1v) is 12.3. The molecule has 1 fully saturated rings. The van der Waals surface area contributed by atoms with Crippen molar-refractivity contribution in [1.82, 2.24) is 15.0 Å². The van der Waals surface area contributed by atoms with Crippen LogP contribution in [0.15, 0.2) is 60.8 Å². The molecular formula is C25H25ClN6OS. The number of ether oxygens (including phenoxy) is 1. The van der Waals surface area contributed by atoms with E-state index in [1.807, 2.05) is 49.2 Å². The molecule has 7 nitrogen and oxygen atoms in total. The second kappa shape index (κ2) is 9.97. The Balaban J connectivity index is 1.32. The molecule has 0 aliphatic carbocycles. The maximum Gasteiger partial charge on any atom is 0.227 e. The van der Waals surface area contributed by atoms with E-state index in [-0.39, 0.29) is 0 Å². The zero-order valence-electron chi connectivity index (χ0n) is 19.0. The number of aromatic nitrogens is 3. The van der Waals surface area contributed by atoms with E-state index in [9.17, 15) is 0 Å².